The molecule has 9 nitrogen and oxygen atoms in total. The zero-order valence-corrected chi connectivity index (χ0v) is 13.9. The molecule has 0 saturated carbocycles. The van der Waals surface area contributed by atoms with Gasteiger partial charge in [0, 0.05) is 0 Å². The van der Waals surface area contributed by atoms with Crippen molar-refractivity contribution in [1.82, 2.24) is 25.1 Å². The molecule has 10 heteroatoms. The first-order chi connectivity index (χ1) is 11.6. The molecular weight excluding hydrogens is 334 g/mol. The van der Waals surface area contributed by atoms with Gasteiger partial charge in [-0.3, -0.25) is 4.79 Å². The fraction of sp³-hybridized carbons (Fsp3) is 0.357. The standard InChI is InChI=1S/C14H15N5O4S/c1-9-3-4-11(22-2)10(7-9)19-13(15-16-17-19)24-8-12(20)18-5-6-23-14(18)21/h3-4,7H,5-6,8H2,1-2H3. The third kappa shape index (κ3) is 3.18. The maximum atomic E-state index is 12.1. The molecule has 0 spiro atoms. The lowest BCUT2D eigenvalue weighted by molar-refractivity contribution is -0.125. The average molecular weight is 349 g/mol. The SMILES string of the molecule is COc1ccc(C)cc1-n1nnnc1SCC(=O)N1CCOC1=O. The first-order valence-electron chi connectivity index (χ1n) is 7.13. The number of carbonyl (C=O) groups is 2. The molecule has 1 aromatic carbocycles. The topological polar surface area (TPSA) is 99.4 Å². The Hall–Kier alpha value is -2.62. The van der Waals surface area contributed by atoms with Crippen LogP contribution in [0, 0.1) is 6.92 Å². The second kappa shape index (κ2) is 6.87. The van der Waals surface area contributed by atoms with E-state index in [1.807, 2.05) is 25.1 Å². The van der Waals surface area contributed by atoms with Crippen LogP contribution in [0.5, 0.6) is 5.75 Å². The lowest BCUT2D eigenvalue weighted by Gasteiger charge is -2.11. The van der Waals surface area contributed by atoms with Crippen molar-refractivity contribution in [3.63, 3.8) is 0 Å². The van der Waals surface area contributed by atoms with Crippen LogP contribution in [0.25, 0.3) is 5.69 Å². The van der Waals surface area contributed by atoms with Crippen LogP contribution >= 0.6 is 11.8 Å². The van der Waals surface area contributed by atoms with Gasteiger partial charge in [0.15, 0.2) is 0 Å². The molecule has 0 aliphatic carbocycles. The molecule has 1 aliphatic heterocycles. The monoisotopic (exact) mass is 349 g/mol. The lowest BCUT2D eigenvalue weighted by atomic mass is 10.2. The van der Waals surface area contributed by atoms with E-state index in [4.69, 9.17) is 9.47 Å². The van der Waals surface area contributed by atoms with Crippen molar-refractivity contribution < 1.29 is 19.1 Å². The molecule has 0 unspecified atom stereocenters. The number of rotatable bonds is 5. The number of aromatic nitrogens is 4. The van der Waals surface area contributed by atoms with Crippen LogP contribution < -0.4 is 4.74 Å². The summed E-state index contributed by atoms with van der Waals surface area (Å²) >= 11 is 1.14. The van der Waals surface area contributed by atoms with Crippen molar-refractivity contribution >= 4 is 23.8 Å². The normalized spacial score (nSPS) is 13.9. The van der Waals surface area contributed by atoms with Crippen LogP contribution in [-0.2, 0) is 9.53 Å². The molecular formula is C14H15N5O4S. The van der Waals surface area contributed by atoms with Gasteiger partial charge in [0.1, 0.15) is 18.0 Å². The molecule has 0 bridgehead atoms. The molecule has 2 amide bonds. The Bertz CT molecular complexity index is 778. The maximum Gasteiger partial charge on any atom is 0.416 e. The molecule has 1 saturated heterocycles. The second-order valence-corrected chi connectivity index (χ2v) is 5.94. The third-order valence-corrected chi connectivity index (χ3v) is 4.29. The Morgan fingerprint density at radius 2 is 2.29 bits per heavy atom. The summed E-state index contributed by atoms with van der Waals surface area (Å²) in [6, 6.07) is 5.63. The predicted octanol–water partition coefficient (Wildman–Crippen LogP) is 1.05. The van der Waals surface area contributed by atoms with Crippen molar-refractivity contribution in [1.29, 1.82) is 0 Å². The molecule has 1 fully saturated rings. The van der Waals surface area contributed by atoms with E-state index in [1.165, 1.54) is 4.68 Å². The zero-order chi connectivity index (χ0) is 17.1. The van der Waals surface area contributed by atoms with E-state index in [-0.39, 0.29) is 24.8 Å². The molecule has 0 radical (unpaired) electrons. The number of aryl methyl sites for hydroxylation is 1. The summed E-state index contributed by atoms with van der Waals surface area (Å²) in [5.74, 6) is 0.307. The zero-order valence-electron chi connectivity index (χ0n) is 13.1. The molecule has 3 rings (SSSR count). The molecule has 24 heavy (non-hydrogen) atoms. The van der Waals surface area contributed by atoms with Gasteiger partial charge in [0.25, 0.3) is 0 Å². The number of hydrogen-bond donors (Lipinski definition) is 0. The van der Waals surface area contributed by atoms with E-state index >= 15 is 0 Å². The van der Waals surface area contributed by atoms with Gasteiger partial charge in [-0.15, -0.1) is 5.10 Å². The predicted molar refractivity (Wildman–Crippen MR) is 84.2 cm³/mol. The molecule has 0 atom stereocenters. The summed E-state index contributed by atoms with van der Waals surface area (Å²) in [7, 11) is 1.56. The molecule has 1 aliphatic rings. The van der Waals surface area contributed by atoms with Gasteiger partial charge in [0.05, 0.1) is 19.4 Å². The number of methoxy groups -OCH3 is 1. The van der Waals surface area contributed by atoms with Gasteiger partial charge in [-0.05, 0) is 35.0 Å². The number of thioether (sulfide) groups is 1. The van der Waals surface area contributed by atoms with Crippen molar-refractivity contribution in [3.8, 4) is 11.4 Å². The van der Waals surface area contributed by atoms with Gasteiger partial charge in [-0.2, -0.15) is 4.68 Å². The highest BCUT2D eigenvalue weighted by molar-refractivity contribution is 7.99. The third-order valence-electron chi connectivity index (χ3n) is 3.39. The van der Waals surface area contributed by atoms with Crippen LogP contribution in [0.1, 0.15) is 5.56 Å². The summed E-state index contributed by atoms with van der Waals surface area (Å²) in [5.41, 5.74) is 1.70. The molecule has 2 aromatic rings. The average Bonchev–Trinajstić information content (AvgIpc) is 3.21. The first kappa shape index (κ1) is 16.2. The Balaban J connectivity index is 1.77. The smallest absolute Gasteiger partial charge is 0.416 e. The number of amides is 2. The van der Waals surface area contributed by atoms with Gasteiger partial charge in [0.2, 0.25) is 11.1 Å². The number of ether oxygens (including phenoxy) is 2. The number of nitrogens with zero attached hydrogens (tertiary/aromatic N) is 5. The van der Waals surface area contributed by atoms with Crippen molar-refractivity contribution in [3.05, 3.63) is 23.8 Å². The largest absolute Gasteiger partial charge is 0.494 e. The Morgan fingerprint density at radius 3 is 3.00 bits per heavy atom. The number of carbonyl (C=O) groups excluding carboxylic acids is 2. The van der Waals surface area contributed by atoms with E-state index in [9.17, 15) is 9.59 Å². The first-order valence-corrected chi connectivity index (χ1v) is 8.12. The van der Waals surface area contributed by atoms with Crippen molar-refractivity contribution in [2.24, 2.45) is 0 Å². The van der Waals surface area contributed by atoms with E-state index < -0.39 is 6.09 Å². The second-order valence-electron chi connectivity index (χ2n) is 5.00. The number of benzene rings is 1. The van der Waals surface area contributed by atoms with Crippen LogP contribution in [0.3, 0.4) is 0 Å². The lowest BCUT2D eigenvalue weighted by Crippen LogP contribution is -2.33. The number of tetrazole rings is 1. The summed E-state index contributed by atoms with van der Waals surface area (Å²) < 4.78 is 11.6. The number of imide groups is 1. The van der Waals surface area contributed by atoms with Crippen LogP contribution in [-0.4, -0.2) is 63.1 Å². The van der Waals surface area contributed by atoms with E-state index in [1.54, 1.807) is 7.11 Å². The van der Waals surface area contributed by atoms with Crippen molar-refractivity contribution in [2.75, 3.05) is 26.0 Å². The highest BCUT2D eigenvalue weighted by Crippen LogP contribution is 2.27. The molecule has 2 heterocycles. The van der Waals surface area contributed by atoms with E-state index in [0.717, 1.165) is 22.2 Å². The Labute approximate surface area is 141 Å². The molecule has 126 valence electrons. The van der Waals surface area contributed by atoms with Crippen LogP contribution in [0.2, 0.25) is 0 Å². The summed E-state index contributed by atoms with van der Waals surface area (Å²) in [5, 5.41) is 12.0. The molecule has 1 aromatic heterocycles. The maximum absolute atomic E-state index is 12.1. The van der Waals surface area contributed by atoms with Crippen molar-refractivity contribution in [2.45, 2.75) is 12.1 Å². The van der Waals surface area contributed by atoms with Crippen LogP contribution in [0.4, 0.5) is 4.79 Å². The van der Waals surface area contributed by atoms with Gasteiger partial charge in [-0.1, -0.05) is 17.8 Å². The Morgan fingerprint density at radius 1 is 1.46 bits per heavy atom. The minimum absolute atomic E-state index is 0.0314. The number of cyclic esters (lactones) is 1. The minimum Gasteiger partial charge on any atom is -0.494 e. The minimum atomic E-state index is -0.611. The van der Waals surface area contributed by atoms with Gasteiger partial charge in [-0.25, -0.2) is 9.69 Å². The number of hydrogen-bond acceptors (Lipinski definition) is 8. The summed E-state index contributed by atoms with van der Waals surface area (Å²) in [6.07, 6.45) is -0.611. The quantitative estimate of drug-likeness (QED) is 0.739. The fourth-order valence-corrected chi connectivity index (χ4v) is 2.97. The van der Waals surface area contributed by atoms with Gasteiger partial charge < -0.3 is 9.47 Å². The van der Waals surface area contributed by atoms with E-state index in [2.05, 4.69) is 15.5 Å². The summed E-state index contributed by atoms with van der Waals surface area (Å²) in [6.45, 7) is 2.45. The molecule has 0 N–H and O–H groups in total. The Kier molecular flexibility index (Phi) is 4.65. The van der Waals surface area contributed by atoms with Crippen LogP contribution in [0.15, 0.2) is 23.4 Å². The fourth-order valence-electron chi connectivity index (χ4n) is 2.21. The van der Waals surface area contributed by atoms with Gasteiger partial charge >= 0.3 is 6.09 Å². The van der Waals surface area contributed by atoms with E-state index in [0.29, 0.717) is 16.6 Å². The summed E-state index contributed by atoms with van der Waals surface area (Å²) in [4.78, 5) is 24.6. The highest BCUT2D eigenvalue weighted by atomic mass is 32.2. The highest BCUT2D eigenvalue weighted by Gasteiger charge is 2.28.